The molecule has 0 aliphatic carbocycles. The molecule has 0 radical (unpaired) electrons. The van der Waals surface area contributed by atoms with Crippen LogP contribution in [-0.2, 0) is 4.79 Å². The van der Waals surface area contributed by atoms with Crippen molar-refractivity contribution in [1.29, 1.82) is 0 Å². The quantitative estimate of drug-likeness (QED) is 0.882. The topological polar surface area (TPSA) is 50.4 Å². The van der Waals surface area contributed by atoms with Crippen LogP contribution >= 0.6 is 11.6 Å². The Kier molecular flexibility index (Phi) is 4.17. The number of benzene rings is 1. The van der Waals surface area contributed by atoms with E-state index in [-0.39, 0.29) is 11.9 Å². The van der Waals surface area contributed by atoms with Gasteiger partial charge in [-0.2, -0.15) is 0 Å². The Hall–Kier alpha value is -1.52. The van der Waals surface area contributed by atoms with Crippen molar-refractivity contribution in [3.8, 4) is 5.75 Å². The second kappa shape index (κ2) is 6.08. The number of carbonyl (C=O) groups excluding carboxylic acids is 1. The van der Waals surface area contributed by atoms with Gasteiger partial charge in [-0.25, -0.2) is 0 Å². The standard InChI is InChI=1S/C16H19ClN2O2/c1-10-14(3-2-6-18-10)19-16(20)12-7-11-8-13(17)4-5-15(11)21-9-12/h4-5,7-8,10,14,18H,2-3,6,9H2,1H3,(H,19,20). The second-order valence-corrected chi connectivity index (χ2v) is 6.04. The van der Waals surface area contributed by atoms with Gasteiger partial charge in [0.2, 0.25) is 0 Å². The molecule has 2 N–H and O–H groups in total. The predicted octanol–water partition coefficient (Wildman–Crippen LogP) is 2.37. The fourth-order valence-corrected chi connectivity index (χ4v) is 2.96. The third-order valence-corrected chi connectivity index (χ3v) is 4.29. The number of rotatable bonds is 2. The Morgan fingerprint density at radius 2 is 2.33 bits per heavy atom. The fraction of sp³-hybridized carbons (Fsp3) is 0.438. The molecule has 0 aromatic heterocycles. The first kappa shape index (κ1) is 14.4. The fourth-order valence-electron chi connectivity index (χ4n) is 2.78. The van der Waals surface area contributed by atoms with Crippen LogP contribution in [0.15, 0.2) is 23.8 Å². The van der Waals surface area contributed by atoms with Gasteiger partial charge in [-0.3, -0.25) is 4.79 Å². The zero-order valence-electron chi connectivity index (χ0n) is 12.0. The molecule has 1 amide bonds. The van der Waals surface area contributed by atoms with E-state index in [1.807, 2.05) is 18.2 Å². The average molecular weight is 307 g/mol. The summed E-state index contributed by atoms with van der Waals surface area (Å²) in [7, 11) is 0. The number of nitrogens with one attached hydrogen (secondary N) is 2. The summed E-state index contributed by atoms with van der Waals surface area (Å²) in [4.78, 5) is 12.4. The SMILES string of the molecule is CC1NCCCC1NC(=O)C1=Cc2cc(Cl)ccc2OC1. The van der Waals surface area contributed by atoms with E-state index in [0.29, 0.717) is 23.2 Å². The van der Waals surface area contributed by atoms with Gasteiger partial charge in [-0.1, -0.05) is 11.6 Å². The van der Waals surface area contributed by atoms with E-state index < -0.39 is 0 Å². The van der Waals surface area contributed by atoms with E-state index >= 15 is 0 Å². The summed E-state index contributed by atoms with van der Waals surface area (Å²) in [5.74, 6) is 0.713. The largest absolute Gasteiger partial charge is 0.488 e. The van der Waals surface area contributed by atoms with Gasteiger partial charge in [0.25, 0.3) is 5.91 Å². The van der Waals surface area contributed by atoms with Gasteiger partial charge >= 0.3 is 0 Å². The number of fused-ring (bicyclic) bond motifs is 1. The van der Waals surface area contributed by atoms with Gasteiger partial charge in [0, 0.05) is 22.7 Å². The minimum atomic E-state index is -0.0545. The molecule has 1 fully saturated rings. The maximum absolute atomic E-state index is 12.4. The zero-order valence-corrected chi connectivity index (χ0v) is 12.7. The van der Waals surface area contributed by atoms with E-state index in [1.54, 1.807) is 6.07 Å². The van der Waals surface area contributed by atoms with Gasteiger partial charge < -0.3 is 15.4 Å². The summed E-state index contributed by atoms with van der Waals surface area (Å²) in [6.07, 6.45) is 3.96. The lowest BCUT2D eigenvalue weighted by Gasteiger charge is -2.31. The number of carbonyl (C=O) groups is 1. The highest BCUT2D eigenvalue weighted by Gasteiger charge is 2.25. The first-order valence-electron chi connectivity index (χ1n) is 7.30. The Morgan fingerprint density at radius 3 is 3.14 bits per heavy atom. The lowest BCUT2D eigenvalue weighted by molar-refractivity contribution is -0.118. The van der Waals surface area contributed by atoms with Crippen molar-refractivity contribution in [2.45, 2.75) is 31.8 Å². The van der Waals surface area contributed by atoms with Crippen LogP contribution in [0.3, 0.4) is 0 Å². The first-order valence-corrected chi connectivity index (χ1v) is 7.68. The molecular formula is C16H19ClN2O2. The van der Waals surface area contributed by atoms with E-state index in [0.717, 1.165) is 30.7 Å². The van der Waals surface area contributed by atoms with Gasteiger partial charge in [-0.05, 0) is 50.6 Å². The molecule has 1 saturated heterocycles. The molecule has 1 aromatic carbocycles. The van der Waals surface area contributed by atoms with Crippen LogP contribution in [0.4, 0.5) is 0 Å². The third kappa shape index (κ3) is 3.22. The predicted molar refractivity (Wildman–Crippen MR) is 83.6 cm³/mol. The molecule has 21 heavy (non-hydrogen) atoms. The van der Waals surface area contributed by atoms with Crippen LogP contribution in [0, 0.1) is 0 Å². The smallest absolute Gasteiger partial charge is 0.250 e. The molecule has 0 bridgehead atoms. The van der Waals surface area contributed by atoms with Crippen molar-refractivity contribution in [1.82, 2.24) is 10.6 Å². The molecular weight excluding hydrogens is 288 g/mol. The molecule has 3 rings (SSSR count). The molecule has 112 valence electrons. The molecule has 4 nitrogen and oxygen atoms in total. The lowest BCUT2D eigenvalue weighted by Crippen LogP contribution is -2.52. The summed E-state index contributed by atoms with van der Waals surface area (Å²) in [5, 5.41) is 7.12. The number of hydrogen-bond acceptors (Lipinski definition) is 3. The second-order valence-electron chi connectivity index (χ2n) is 5.61. The number of hydrogen-bond donors (Lipinski definition) is 2. The highest BCUT2D eigenvalue weighted by atomic mass is 35.5. The summed E-state index contributed by atoms with van der Waals surface area (Å²) in [5.41, 5.74) is 1.50. The van der Waals surface area contributed by atoms with E-state index in [1.165, 1.54) is 0 Å². The van der Waals surface area contributed by atoms with Crippen LogP contribution < -0.4 is 15.4 Å². The summed E-state index contributed by atoms with van der Waals surface area (Å²) in [6.45, 7) is 3.42. The Morgan fingerprint density at radius 1 is 1.48 bits per heavy atom. The molecule has 1 aromatic rings. The van der Waals surface area contributed by atoms with Gasteiger partial charge in [0.05, 0.1) is 5.57 Å². The van der Waals surface area contributed by atoms with Crippen LogP contribution in [0.1, 0.15) is 25.3 Å². The molecule has 2 aliphatic heterocycles. The van der Waals surface area contributed by atoms with Crippen molar-refractivity contribution >= 4 is 23.6 Å². The van der Waals surface area contributed by atoms with Crippen molar-refractivity contribution in [2.75, 3.05) is 13.2 Å². The third-order valence-electron chi connectivity index (χ3n) is 4.05. The van der Waals surface area contributed by atoms with Gasteiger partial charge in [0.15, 0.2) is 0 Å². The summed E-state index contributed by atoms with van der Waals surface area (Å²) in [6, 6.07) is 5.90. The Balaban J connectivity index is 1.73. The van der Waals surface area contributed by atoms with Crippen molar-refractivity contribution in [3.63, 3.8) is 0 Å². The van der Waals surface area contributed by atoms with E-state index in [2.05, 4.69) is 17.6 Å². The Labute approximate surface area is 129 Å². The molecule has 2 heterocycles. The molecule has 0 saturated carbocycles. The van der Waals surface area contributed by atoms with Gasteiger partial charge in [-0.15, -0.1) is 0 Å². The maximum atomic E-state index is 12.4. The average Bonchev–Trinajstić information content (AvgIpc) is 2.48. The van der Waals surface area contributed by atoms with Crippen LogP contribution in [0.2, 0.25) is 5.02 Å². The monoisotopic (exact) mass is 306 g/mol. The Bertz CT molecular complexity index is 586. The van der Waals surface area contributed by atoms with Crippen LogP contribution in [0.25, 0.3) is 6.08 Å². The molecule has 0 spiro atoms. The molecule has 2 unspecified atom stereocenters. The number of amides is 1. The van der Waals surface area contributed by atoms with Crippen LogP contribution in [-0.4, -0.2) is 31.1 Å². The maximum Gasteiger partial charge on any atom is 0.250 e. The number of halogens is 1. The minimum Gasteiger partial charge on any atom is -0.488 e. The molecule has 2 atom stereocenters. The number of ether oxygens (including phenoxy) is 1. The lowest BCUT2D eigenvalue weighted by atomic mass is 9.99. The summed E-state index contributed by atoms with van der Waals surface area (Å²) < 4.78 is 5.62. The van der Waals surface area contributed by atoms with Crippen molar-refractivity contribution < 1.29 is 9.53 Å². The van der Waals surface area contributed by atoms with Gasteiger partial charge in [0.1, 0.15) is 12.4 Å². The van der Waals surface area contributed by atoms with Crippen molar-refractivity contribution in [3.05, 3.63) is 34.4 Å². The highest BCUT2D eigenvalue weighted by molar-refractivity contribution is 6.30. The zero-order chi connectivity index (χ0) is 14.8. The first-order chi connectivity index (χ1) is 10.1. The molecule has 2 aliphatic rings. The minimum absolute atomic E-state index is 0.0545. The highest BCUT2D eigenvalue weighted by Crippen LogP contribution is 2.29. The summed E-state index contributed by atoms with van der Waals surface area (Å²) >= 11 is 5.99. The molecule has 5 heteroatoms. The number of piperidine rings is 1. The van der Waals surface area contributed by atoms with E-state index in [4.69, 9.17) is 16.3 Å². The normalized spacial score (nSPS) is 24.6. The van der Waals surface area contributed by atoms with Crippen molar-refractivity contribution in [2.24, 2.45) is 0 Å². The van der Waals surface area contributed by atoms with Crippen LogP contribution in [0.5, 0.6) is 5.75 Å². The van der Waals surface area contributed by atoms with E-state index in [9.17, 15) is 4.79 Å².